The minimum atomic E-state index is -0.558. The average molecular weight is 283 g/mol. The van der Waals surface area contributed by atoms with E-state index in [-0.39, 0.29) is 10.9 Å². The van der Waals surface area contributed by atoms with E-state index in [4.69, 9.17) is 5.41 Å². The van der Waals surface area contributed by atoms with Gasteiger partial charge < -0.3 is 0 Å². The Kier molecular flexibility index (Phi) is 3.15. The molecule has 0 aliphatic rings. The first kappa shape index (κ1) is 12.9. The van der Waals surface area contributed by atoms with E-state index in [0.29, 0.717) is 11.1 Å². The topological polar surface area (TPSA) is 83.7 Å². The van der Waals surface area contributed by atoms with Crippen LogP contribution >= 0.6 is 0 Å². The van der Waals surface area contributed by atoms with Gasteiger partial charge in [-0.2, -0.15) is 0 Å². The minimum Gasteiger partial charge on any atom is -0.282 e. The molecule has 2 heterocycles. The zero-order valence-corrected chi connectivity index (χ0v) is 10.7. The van der Waals surface area contributed by atoms with Crippen LogP contribution < -0.4 is 10.9 Å². The maximum Gasteiger partial charge on any atom is 0.270 e. The zero-order valence-electron chi connectivity index (χ0n) is 10.7. The van der Waals surface area contributed by atoms with Gasteiger partial charge in [-0.1, -0.05) is 6.07 Å². The van der Waals surface area contributed by atoms with Crippen LogP contribution in [0.5, 0.6) is 0 Å². The molecule has 0 saturated heterocycles. The molecule has 0 bridgehead atoms. The van der Waals surface area contributed by atoms with Gasteiger partial charge in [0, 0.05) is 18.0 Å². The molecule has 21 heavy (non-hydrogen) atoms. The number of aromatic nitrogens is 3. The third-order valence-corrected chi connectivity index (χ3v) is 2.95. The second kappa shape index (κ2) is 5.12. The molecule has 1 aromatic carbocycles. The van der Waals surface area contributed by atoms with Crippen molar-refractivity contribution in [3.8, 4) is 0 Å². The first-order valence-corrected chi connectivity index (χ1v) is 6.08. The summed E-state index contributed by atoms with van der Waals surface area (Å²) in [7, 11) is 0. The normalized spacial score (nSPS) is 10.5. The van der Waals surface area contributed by atoms with Crippen LogP contribution in [0.1, 0.15) is 10.4 Å². The van der Waals surface area contributed by atoms with Gasteiger partial charge in [-0.3, -0.25) is 20.6 Å². The molecular formula is C14H10FN5O. The Hall–Kier alpha value is -3.09. The Morgan fingerprint density at radius 1 is 1.24 bits per heavy atom. The van der Waals surface area contributed by atoms with Crippen molar-refractivity contribution in [2.45, 2.75) is 0 Å². The van der Waals surface area contributed by atoms with E-state index < -0.39 is 11.7 Å². The maximum absolute atomic E-state index is 13.8. The summed E-state index contributed by atoms with van der Waals surface area (Å²) >= 11 is 0. The van der Waals surface area contributed by atoms with E-state index in [0.717, 1.165) is 4.68 Å². The first-order valence-electron chi connectivity index (χ1n) is 6.08. The molecule has 7 heteroatoms. The fraction of sp³-hybridized carbons (Fsp3) is 0. The van der Waals surface area contributed by atoms with Crippen LogP contribution in [0.25, 0.3) is 10.9 Å². The Balaban J connectivity index is 2.03. The molecule has 104 valence electrons. The molecule has 3 aromatic rings. The van der Waals surface area contributed by atoms with Crippen molar-refractivity contribution in [1.29, 1.82) is 5.41 Å². The highest BCUT2D eigenvalue weighted by Gasteiger charge is 2.09. The number of amides is 1. The molecule has 0 unspecified atom stereocenters. The molecule has 3 rings (SSSR count). The van der Waals surface area contributed by atoms with Gasteiger partial charge in [0.2, 0.25) is 0 Å². The lowest BCUT2D eigenvalue weighted by atomic mass is 10.2. The van der Waals surface area contributed by atoms with Gasteiger partial charge >= 0.3 is 0 Å². The molecule has 2 N–H and O–H groups in total. The third-order valence-electron chi connectivity index (χ3n) is 2.95. The number of nitrogens with zero attached hydrogens (tertiary/aromatic N) is 3. The molecule has 0 spiro atoms. The summed E-state index contributed by atoms with van der Waals surface area (Å²) in [6.07, 6.45) is 4.24. The zero-order chi connectivity index (χ0) is 14.8. The summed E-state index contributed by atoms with van der Waals surface area (Å²) in [5.41, 5.74) is 3.04. The number of pyridine rings is 1. The predicted octanol–water partition coefficient (Wildman–Crippen LogP) is 1.43. The average Bonchev–Trinajstić information content (AvgIpc) is 2.51. The highest BCUT2D eigenvalue weighted by molar-refractivity contribution is 5.99. The Labute approximate surface area is 118 Å². The molecule has 0 aliphatic heterocycles. The third kappa shape index (κ3) is 2.36. The minimum absolute atomic E-state index is 0.0510. The molecule has 2 aromatic heterocycles. The Morgan fingerprint density at radius 2 is 2.00 bits per heavy atom. The van der Waals surface area contributed by atoms with Crippen molar-refractivity contribution in [2.24, 2.45) is 0 Å². The van der Waals surface area contributed by atoms with E-state index in [9.17, 15) is 9.18 Å². The number of halogens is 1. The van der Waals surface area contributed by atoms with Gasteiger partial charge in [0.05, 0.1) is 10.9 Å². The number of hydrogen-bond donors (Lipinski definition) is 2. The van der Waals surface area contributed by atoms with Crippen molar-refractivity contribution in [3.63, 3.8) is 0 Å². The van der Waals surface area contributed by atoms with Crippen LogP contribution in [-0.4, -0.2) is 20.6 Å². The van der Waals surface area contributed by atoms with Crippen LogP contribution in [0.2, 0.25) is 0 Å². The van der Waals surface area contributed by atoms with E-state index in [1.54, 1.807) is 6.07 Å². The molecule has 0 atom stereocenters. The number of hydrogen-bond acceptors (Lipinski definition) is 4. The van der Waals surface area contributed by atoms with Crippen molar-refractivity contribution in [3.05, 3.63) is 65.9 Å². The summed E-state index contributed by atoms with van der Waals surface area (Å²) < 4.78 is 14.9. The van der Waals surface area contributed by atoms with Crippen molar-refractivity contribution in [2.75, 3.05) is 5.43 Å². The number of rotatable bonds is 2. The fourth-order valence-corrected chi connectivity index (χ4v) is 1.91. The molecule has 6 nitrogen and oxygen atoms in total. The van der Waals surface area contributed by atoms with E-state index >= 15 is 0 Å². The lowest BCUT2D eigenvalue weighted by Crippen LogP contribution is -2.33. The fourth-order valence-electron chi connectivity index (χ4n) is 1.91. The van der Waals surface area contributed by atoms with Crippen LogP contribution in [0.4, 0.5) is 4.39 Å². The molecule has 1 amide bonds. The van der Waals surface area contributed by atoms with Gasteiger partial charge in [-0.05, 0) is 24.3 Å². The van der Waals surface area contributed by atoms with Gasteiger partial charge in [-0.15, -0.1) is 0 Å². The van der Waals surface area contributed by atoms with Gasteiger partial charge in [-0.25, -0.2) is 14.1 Å². The van der Waals surface area contributed by atoms with Crippen molar-refractivity contribution >= 4 is 16.8 Å². The highest BCUT2D eigenvalue weighted by atomic mass is 19.1. The van der Waals surface area contributed by atoms with Crippen LogP contribution in [0.3, 0.4) is 0 Å². The predicted molar refractivity (Wildman–Crippen MR) is 73.5 cm³/mol. The maximum atomic E-state index is 13.8. The summed E-state index contributed by atoms with van der Waals surface area (Å²) in [5, 5.41) is 8.04. The standard InChI is InChI=1S/C14H10FN5O/c15-10-2-1-3-11-12(10)13(16)20(8-18-11)19-14(21)9-4-6-17-7-5-9/h1-8,16H,(H,19,21). The van der Waals surface area contributed by atoms with Crippen LogP contribution in [-0.2, 0) is 0 Å². The number of nitrogens with one attached hydrogen (secondary N) is 2. The molecule has 0 saturated carbocycles. The number of benzene rings is 1. The van der Waals surface area contributed by atoms with Crippen molar-refractivity contribution in [1.82, 2.24) is 14.6 Å². The van der Waals surface area contributed by atoms with Crippen LogP contribution in [0, 0.1) is 11.2 Å². The first-order chi connectivity index (χ1) is 10.2. The summed E-state index contributed by atoms with van der Waals surface area (Å²) in [6.45, 7) is 0. The van der Waals surface area contributed by atoms with E-state index in [1.807, 2.05) is 0 Å². The van der Waals surface area contributed by atoms with Crippen molar-refractivity contribution < 1.29 is 9.18 Å². The molecule has 0 radical (unpaired) electrons. The Morgan fingerprint density at radius 3 is 2.76 bits per heavy atom. The number of carbonyl (C=O) groups is 1. The van der Waals surface area contributed by atoms with Gasteiger partial charge in [0.1, 0.15) is 12.1 Å². The molecule has 0 fully saturated rings. The summed E-state index contributed by atoms with van der Waals surface area (Å²) in [6, 6.07) is 7.44. The second-order valence-electron chi connectivity index (χ2n) is 4.27. The SMILES string of the molecule is N=c1c2c(F)cccc2ncn1NC(=O)c1ccncc1. The summed E-state index contributed by atoms with van der Waals surface area (Å²) in [5.74, 6) is -0.995. The highest BCUT2D eigenvalue weighted by Crippen LogP contribution is 2.10. The van der Waals surface area contributed by atoms with E-state index in [2.05, 4.69) is 15.4 Å². The van der Waals surface area contributed by atoms with Crippen LogP contribution in [0.15, 0.2) is 49.1 Å². The lowest BCUT2D eigenvalue weighted by Gasteiger charge is -2.10. The van der Waals surface area contributed by atoms with Gasteiger partial charge in [0.25, 0.3) is 5.91 Å². The smallest absolute Gasteiger partial charge is 0.270 e. The quantitative estimate of drug-likeness (QED) is 0.746. The van der Waals surface area contributed by atoms with E-state index in [1.165, 1.54) is 43.0 Å². The number of fused-ring (bicyclic) bond motifs is 1. The Bertz CT molecular complexity index is 875. The molecular weight excluding hydrogens is 273 g/mol. The molecule has 0 aliphatic carbocycles. The summed E-state index contributed by atoms with van der Waals surface area (Å²) in [4.78, 5) is 19.9. The second-order valence-corrected chi connectivity index (χ2v) is 4.27. The number of carbonyl (C=O) groups excluding carboxylic acids is 1. The lowest BCUT2D eigenvalue weighted by molar-refractivity contribution is 0.101. The van der Waals surface area contributed by atoms with Gasteiger partial charge in [0.15, 0.2) is 5.49 Å². The largest absolute Gasteiger partial charge is 0.282 e. The monoisotopic (exact) mass is 283 g/mol.